The van der Waals surface area contributed by atoms with E-state index >= 15 is 0 Å². The topological polar surface area (TPSA) is 155 Å². The molecule has 0 spiro atoms. The molecule has 1 amide bonds. The number of nitrogens with two attached hydrogens (primary N) is 1. The van der Waals surface area contributed by atoms with E-state index in [1.54, 1.807) is 6.20 Å². The van der Waals surface area contributed by atoms with Gasteiger partial charge in [-0.15, -0.1) is 0 Å². The van der Waals surface area contributed by atoms with Crippen LogP contribution in [0.15, 0.2) is 18.3 Å². The van der Waals surface area contributed by atoms with E-state index in [9.17, 15) is 14.3 Å². The van der Waals surface area contributed by atoms with E-state index in [0.29, 0.717) is 55.2 Å². The minimum absolute atomic E-state index is 0.00513. The van der Waals surface area contributed by atoms with Crippen LogP contribution in [-0.2, 0) is 4.79 Å². The van der Waals surface area contributed by atoms with Gasteiger partial charge in [0.25, 0.3) is 0 Å². The van der Waals surface area contributed by atoms with Crippen molar-refractivity contribution in [2.75, 3.05) is 10.6 Å². The van der Waals surface area contributed by atoms with Crippen molar-refractivity contribution in [2.24, 2.45) is 11.7 Å². The molecule has 2 atom stereocenters. The van der Waals surface area contributed by atoms with E-state index in [1.807, 2.05) is 10.6 Å². The maximum absolute atomic E-state index is 14.9. The van der Waals surface area contributed by atoms with Gasteiger partial charge in [-0.2, -0.15) is 10.2 Å². The normalized spacial score (nSPS) is 23.9. The van der Waals surface area contributed by atoms with Crippen molar-refractivity contribution in [3.05, 3.63) is 34.7 Å². The number of imidazole rings is 1. The maximum atomic E-state index is 14.9. The molecular formula is C25H28ClFN8O2. The van der Waals surface area contributed by atoms with Crippen LogP contribution in [0.4, 0.5) is 22.0 Å². The van der Waals surface area contributed by atoms with Gasteiger partial charge in [0.05, 0.1) is 34.6 Å². The van der Waals surface area contributed by atoms with Gasteiger partial charge >= 0.3 is 0 Å². The maximum Gasteiger partial charge on any atom is 0.224 e. The Hall–Kier alpha value is -3.49. The van der Waals surface area contributed by atoms with Crippen molar-refractivity contribution in [3.8, 4) is 6.07 Å². The lowest BCUT2D eigenvalue weighted by atomic mass is 9.85. The molecule has 5 N–H and O–H groups in total. The van der Waals surface area contributed by atoms with E-state index in [-0.39, 0.29) is 46.3 Å². The zero-order valence-electron chi connectivity index (χ0n) is 20.1. The predicted molar refractivity (Wildman–Crippen MR) is 137 cm³/mol. The number of hydrogen-bond acceptors (Lipinski definition) is 8. The number of aliphatic hydroxyl groups excluding tert-OH is 1. The van der Waals surface area contributed by atoms with Gasteiger partial charge in [0.1, 0.15) is 11.3 Å². The van der Waals surface area contributed by atoms with Crippen LogP contribution in [0.25, 0.3) is 11.2 Å². The lowest BCUT2D eigenvalue weighted by molar-refractivity contribution is -0.122. The summed E-state index contributed by atoms with van der Waals surface area (Å²) in [6.07, 6.45) is 7.11. The highest BCUT2D eigenvalue weighted by Crippen LogP contribution is 2.38. The molecule has 2 fully saturated rings. The second-order valence-corrected chi connectivity index (χ2v) is 10.2. The Morgan fingerprint density at radius 3 is 2.68 bits per heavy atom. The summed E-state index contributed by atoms with van der Waals surface area (Å²) in [6.45, 7) is 0. The summed E-state index contributed by atoms with van der Waals surface area (Å²) in [5, 5.41) is 25.5. The summed E-state index contributed by atoms with van der Waals surface area (Å²) in [4.78, 5) is 25.5. The van der Waals surface area contributed by atoms with E-state index in [2.05, 4.69) is 20.6 Å². The first-order chi connectivity index (χ1) is 17.8. The predicted octanol–water partition coefficient (Wildman–Crippen LogP) is 4.17. The van der Waals surface area contributed by atoms with Crippen molar-refractivity contribution in [1.29, 1.82) is 5.26 Å². The second kappa shape index (κ2) is 10.5. The molecule has 0 radical (unpaired) electrons. The Labute approximate surface area is 218 Å². The lowest BCUT2D eigenvalue weighted by Crippen LogP contribution is -2.30. The zero-order chi connectivity index (χ0) is 26.1. The van der Waals surface area contributed by atoms with Gasteiger partial charge in [0, 0.05) is 18.0 Å². The number of benzene rings is 1. The first-order valence-corrected chi connectivity index (χ1v) is 12.8. The van der Waals surface area contributed by atoms with Crippen molar-refractivity contribution >= 4 is 46.3 Å². The largest absolute Gasteiger partial charge is 0.393 e. The fraction of sp³-hybridized carbons (Fsp3) is 0.480. The van der Waals surface area contributed by atoms with Gasteiger partial charge < -0.3 is 21.5 Å². The average molecular weight is 527 g/mol. The van der Waals surface area contributed by atoms with Gasteiger partial charge in [-0.05, 0) is 63.5 Å². The third-order valence-corrected chi connectivity index (χ3v) is 7.58. The smallest absolute Gasteiger partial charge is 0.224 e. The van der Waals surface area contributed by atoms with E-state index in [0.717, 1.165) is 25.3 Å². The Bertz CT molecular complexity index is 1340. The number of carbonyl (C=O) groups excluding carboxylic acids is 1. The minimum atomic E-state index is -0.676. The highest BCUT2D eigenvalue weighted by atomic mass is 35.5. The second-order valence-electron chi connectivity index (χ2n) is 9.83. The fourth-order valence-corrected chi connectivity index (χ4v) is 5.61. The number of hydrogen-bond donors (Lipinski definition) is 4. The molecular weight excluding hydrogens is 499 g/mol. The number of nitrogens with one attached hydrogen (secondary N) is 2. The summed E-state index contributed by atoms with van der Waals surface area (Å²) < 4.78 is 16.8. The van der Waals surface area contributed by atoms with Crippen LogP contribution in [0.1, 0.15) is 63.0 Å². The molecule has 2 aliphatic carbocycles. The average Bonchev–Trinajstić information content (AvgIpc) is 3.23. The van der Waals surface area contributed by atoms with Crippen molar-refractivity contribution < 1.29 is 14.3 Å². The Morgan fingerprint density at radius 2 is 2.00 bits per heavy atom. The summed E-state index contributed by atoms with van der Waals surface area (Å²) in [7, 11) is 0. The van der Waals surface area contributed by atoms with Crippen LogP contribution in [-0.4, -0.2) is 42.7 Å². The fourth-order valence-electron chi connectivity index (χ4n) is 5.36. The number of anilines is 3. The van der Waals surface area contributed by atoms with Gasteiger partial charge in [-0.1, -0.05) is 11.6 Å². The zero-order valence-corrected chi connectivity index (χ0v) is 20.9. The molecule has 194 valence electrons. The SMILES string of the molecule is N#Cc1cc(F)c(Nc2nc3cnc(N[C@H]4CCC[C@@H](O)C4)nc3n2[C@H]2CC[C@H](C(N)=O)CC2)c(Cl)c1. The van der Waals surface area contributed by atoms with Crippen LogP contribution in [0.2, 0.25) is 5.02 Å². The van der Waals surface area contributed by atoms with Gasteiger partial charge in [0.15, 0.2) is 5.65 Å². The number of rotatable bonds is 6. The number of fused-ring (bicyclic) bond motifs is 1. The van der Waals surface area contributed by atoms with Crippen molar-refractivity contribution in [3.63, 3.8) is 0 Å². The molecule has 2 saturated carbocycles. The van der Waals surface area contributed by atoms with Gasteiger partial charge in [-0.25, -0.2) is 14.4 Å². The Balaban J connectivity index is 1.52. The molecule has 5 rings (SSSR count). The summed E-state index contributed by atoms with van der Waals surface area (Å²) >= 11 is 6.30. The molecule has 2 heterocycles. The molecule has 0 aliphatic heterocycles. The number of halogens is 2. The van der Waals surface area contributed by atoms with Crippen LogP contribution < -0.4 is 16.4 Å². The summed E-state index contributed by atoms with van der Waals surface area (Å²) in [5.74, 6) is -0.403. The first kappa shape index (κ1) is 25.2. The van der Waals surface area contributed by atoms with Crippen molar-refractivity contribution in [2.45, 2.75) is 69.6 Å². The minimum Gasteiger partial charge on any atom is -0.393 e. The quantitative estimate of drug-likeness (QED) is 0.373. The number of nitriles is 1. The monoisotopic (exact) mass is 526 g/mol. The van der Waals surface area contributed by atoms with E-state index in [1.165, 1.54) is 6.07 Å². The molecule has 0 saturated heterocycles. The third kappa shape index (κ3) is 5.31. The molecule has 12 heteroatoms. The van der Waals surface area contributed by atoms with Gasteiger partial charge in [0.2, 0.25) is 17.8 Å². The highest BCUT2D eigenvalue weighted by Gasteiger charge is 2.30. The molecule has 1 aromatic carbocycles. The molecule has 0 unspecified atom stereocenters. The number of amides is 1. The van der Waals surface area contributed by atoms with Crippen LogP contribution in [0.5, 0.6) is 0 Å². The van der Waals surface area contributed by atoms with Crippen LogP contribution >= 0.6 is 11.6 Å². The molecule has 0 bridgehead atoms. The number of nitrogens with zero attached hydrogens (tertiary/aromatic N) is 5. The Kier molecular flexibility index (Phi) is 7.13. The van der Waals surface area contributed by atoms with E-state index < -0.39 is 5.82 Å². The van der Waals surface area contributed by atoms with Gasteiger partial charge in [-0.3, -0.25) is 9.36 Å². The first-order valence-electron chi connectivity index (χ1n) is 12.5. The Morgan fingerprint density at radius 1 is 1.22 bits per heavy atom. The number of carbonyl (C=O) groups is 1. The standard InChI is InChI=1S/C25H28ClFN8O2/c26-18-8-13(11-28)9-19(27)21(18)33-25-32-20-12-30-24(31-15-2-1-3-17(36)10-15)34-23(20)35(25)16-6-4-14(5-7-16)22(29)37/h8-9,12,14-17,36H,1-7,10H2,(H2,29,37)(H,32,33)(H,30,31,34)/t14-,15-,16-,17+/m0/s1. The molecule has 2 aliphatic rings. The van der Waals surface area contributed by atoms with Crippen LogP contribution in [0, 0.1) is 23.1 Å². The third-order valence-electron chi connectivity index (χ3n) is 7.28. The molecule has 3 aromatic rings. The molecule has 37 heavy (non-hydrogen) atoms. The number of primary amides is 1. The van der Waals surface area contributed by atoms with Crippen LogP contribution in [0.3, 0.4) is 0 Å². The number of aromatic nitrogens is 4. The molecule has 2 aromatic heterocycles. The number of aliphatic hydroxyl groups is 1. The molecule has 10 nitrogen and oxygen atoms in total. The van der Waals surface area contributed by atoms with E-state index in [4.69, 9.17) is 27.6 Å². The van der Waals surface area contributed by atoms with Crippen molar-refractivity contribution in [1.82, 2.24) is 19.5 Å². The summed E-state index contributed by atoms with van der Waals surface area (Å²) in [6, 6.07) is 4.38. The highest BCUT2D eigenvalue weighted by molar-refractivity contribution is 6.33. The lowest BCUT2D eigenvalue weighted by Gasteiger charge is -2.29. The summed E-state index contributed by atoms with van der Waals surface area (Å²) in [5.41, 5.74) is 6.72.